The van der Waals surface area contributed by atoms with Gasteiger partial charge in [0.1, 0.15) is 5.15 Å². The molecule has 0 atom stereocenters. The Balaban J connectivity index is 1.82. The number of ether oxygens (including phenoxy) is 1. The fraction of sp³-hybridized carbons (Fsp3) is 0.0476. The Morgan fingerprint density at radius 2 is 1.88 bits per heavy atom. The Hall–Kier alpha value is -3.33. The molecular weight excluding hydrogens is 477 g/mol. The van der Waals surface area contributed by atoms with E-state index in [1.54, 1.807) is 35.1 Å². The quantitative estimate of drug-likeness (QED) is 0.353. The fourth-order valence-corrected chi connectivity index (χ4v) is 3.88. The Morgan fingerprint density at radius 3 is 2.62 bits per heavy atom. The van der Waals surface area contributed by atoms with Gasteiger partial charge in [0.15, 0.2) is 5.69 Å². The Morgan fingerprint density at radius 1 is 1.06 bits per heavy atom. The molecule has 4 rings (SSSR count). The van der Waals surface area contributed by atoms with E-state index >= 15 is 0 Å². The number of benzene rings is 1. The minimum Gasteiger partial charge on any atom is -0.453 e. The van der Waals surface area contributed by atoms with Crippen molar-refractivity contribution in [1.82, 2.24) is 14.4 Å². The minimum atomic E-state index is -0.756. The van der Waals surface area contributed by atoms with Crippen LogP contribution in [0.3, 0.4) is 0 Å². The predicted molar refractivity (Wildman–Crippen MR) is 124 cm³/mol. The van der Waals surface area contributed by atoms with E-state index in [4.69, 9.17) is 34.8 Å². The molecular formula is C21H14Cl3N5O3. The first kappa shape index (κ1) is 21.9. The number of aromatic nitrogens is 3. The maximum atomic E-state index is 13.3. The van der Waals surface area contributed by atoms with Crippen LogP contribution >= 0.6 is 34.8 Å². The summed E-state index contributed by atoms with van der Waals surface area (Å²) in [6.07, 6.45) is 4.13. The number of halogens is 3. The molecule has 0 fully saturated rings. The van der Waals surface area contributed by atoms with Crippen molar-refractivity contribution in [3.05, 3.63) is 75.9 Å². The van der Waals surface area contributed by atoms with Crippen molar-refractivity contribution in [2.45, 2.75) is 0 Å². The molecule has 3 aromatic heterocycles. The SMILES string of the molecule is COC(=O)Nc1cc(Cl)cc(Cl)c1NC(=O)c1ncc2cccn2c1-c1cccnc1Cl. The highest BCUT2D eigenvalue weighted by molar-refractivity contribution is 6.38. The third kappa shape index (κ3) is 4.20. The second-order valence-electron chi connectivity index (χ2n) is 6.48. The summed E-state index contributed by atoms with van der Waals surface area (Å²) in [6.45, 7) is 0. The molecule has 4 aromatic rings. The molecule has 1 aromatic carbocycles. The lowest BCUT2D eigenvalue weighted by molar-refractivity contribution is 0.102. The summed E-state index contributed by atoms with van der Waals surface area (Å²) >= 11 is 18.7. The summed E-state index contributed by atoms with van der Waals surface area (Å²) < 4.78 is 6.40. The zero-order valence-electron chi connectivity index (χ0n) is 16.4. The van der Waals surface area contributed by atoms with Crippen LogP contribution in [0.15, 0.2) is 55.0 Å². The Labute approximate surface area is 197 Å². The molecule has 2 amide bonds. The van der Waals surface area contributed by atoms with Crippen LogP contribution < -0.4 is 10.6 Å². The van der Waals surface area contributed by atoms with E-state index in [9.17, 15) is 9.59 Å². The predicted octanol–water partition coefficient (Wildman–Crippen LogP) is 5.79. The number of carbonyl (C=O) groups is 2. The van der Waals surface area contributed by atoms with Crippen LogP contribution in [0.5, 0.6) is 0 Å². The number of nitrogens with one attached hydrogen (secondary N) is 2. The molecule has 0 unspecified atom stereocenters. The summed E-state index contributed by atoms with van der Waals surface area (Å²) in [6, 6.07) is 9.98. The molecule has 0 aliphatic rings. The van der Waals surface area contributed by atoms with Crippen LogP contribution in [0.4, 0.5) is 16.2 Å². The van der Waals surface area contributed by atoms with Crippen LogP contribution in [0.25, 0.3) is 16.8 Å². The largest absolute Gasteiger partial charge is 0.453 e. The lowest BCUT2D eigenvalue weighted by atomic mass is 10.1. The van der Waals surface area contributed by atoms with Gasteiger partial charge in [-0.25, -0.2) is 14.8 Å². The van der Waals surface area contributed by atoms with Gasteiger partial charge in [-0.3, -0.25) is 10.1 Å². The number of nitrogens with zero attached hydrogens (tertiary/aromatic N) is 3. The van der Waals surface area contributed by atoms with E-state index in [2.05, 4.69) is 25.3 Å². The maximum Gasteiger partial charge on any atom is 0.411 e. The van der Waals surface area contributed by atoms with Crippen molar-refractivity contribution in [3.8, 4) is 11.3 Å². The first-order valence-electron chi connectivity index (χ1n) is 9.11. The molecule has 162 valence electrons. The van der Waals surface area contributed by atoms with Gasteiger partial charge in [-0.1, -0.05) is 34.8 Å². The second kappa shape index (κ2) is 9.04. The number of fused-ring (bicyclic) bond motifs is 1. The molecule has 0 radical (unpaired) electrons. The average Bonchev–Trinajstić information content (AvgIpc) is 3.24. The molecule has 0 aliphatic heterocycles. The first-order valence-corrected chi connectivity index (χ1v) is 10.2. The van der Waals surface area contributed by atoms with Crippen molar-refractivity contribution < 1.29 is 14.3 Å². The van der Waals surface area contributed by atoms with Gasteiger partial charge in [0.25, 0.3) is 5.91 Å². The van der Waals surface area contributed by atoms with E-state index < -0.39 is 12.0 Å². The molecule has 3 heterocycles. The maximum absolute atomic E-state index is 13.3. The summed E-state index contributed by atoms with van der Waals surface area (Å²) in [7, 11) is 1.21. The van der Waals surface area contributed by atoms with Gasteiger partial charge in [-0.2, -0.15) is 0 Å². The highest BCUT2D eigenvalue weighted by Gasteiger charge is 2.23. The molecule has 2 N–H and O–H groups in total. The number of hydrogen-bond acceptors (Lipinski definition) is 5. The van der Waals surface area contributed by atoms with Gasteiger partial charge >= 0.3 is 6.09 Å². The molecule has 0 spiro atoms. The zero-order valence-corrected chi connectivity index (χ0v) is 18.7. The average molecular weight is 491 g/mol. The van der Waals surface area contributed by atoms with Gasteiger partial charge in [0.2, 0.25) is 0 Å². The fourth-order valence-electron chi connectivity index (χ4n) is 3.13. The van der Waals surface area contributed by atoms with Crippen molar-refractivity contribution in [1.29, 1.82) is 0 Å². The molecule has 8 nitrogen and oxygen atoms in total. The van der Waals surface area contributed by atoms with Crippen LogP contribution in [0.1, 0.15) is 10.5 Å². The highest BCUT2D eigenvalue weighted by Crippen LogP contribution is 2.36. The van der Waals surface area contributed by atoms with E-state index in [1.165, 1.54) is 19.2 Å². The summed E-state index contributed by atoms with van der Waals surface area (Å²) in [4.78, 5) is 33.5. The topological polar surface area (TPSA) is 97.6 Å². The van der Waals surface area contributed by atoms with E-state index in [1.807, 2.05) is 12.1 Å². The normalized spacial score (nSPS) is 10.8. The van der Waals surface area contributed by atoms with Gasteiger partial charge < -0.3 is 14.5 Å². The number of anilines is 2. The second-order valence-corrected chi connectivity index (χ2v) is 7.68. The molecule has 11 heteroatoms. The number of pyridine rings is 1. The molecule has 0 aliphatic carbocycles. The van der Waals surface area contributed by atoms with Gasteiger partial charge in [0, 0.05) is 23.0 Å². The van der Waals surface area contributed by atoms with E-state index in [0.29, 0.717) is 11.3 Å². The van der Waals surface area contributed by atoms with Crippen LogP contribution in [0.2, 0.25) is 15.2 Å². The number of amides is 2. The third-order valence-corrected chi connectivity index (χ3v) is 5.33. The van der Waals surface area contributed by atoms with Crippen molar-refractivity contribution in [2.75, 3.05) is 17.7 Å². The Bertz CT molecular complexity index is 1360. The van der Waals surface area contributed by atoms with E-state index in [-0.39, 0.29) is 32.3 Å². The number of hydrogen-bond donors (Lipinski definition) is 2. The lowest BCUT2D eigenvalue weighted by Gasteiger charge is -2.16. The Kier molecular flexibility index (Phi) is 6.18. The third-order valence-electron chi connectivity index (χ3n) is 4.52. The van der Waals surface area contributed by atoms with Gasteiger partial charge in [0.05, 0.1) is 40.9 Å². The standard InChI is InChI=1S/C21H14Cl3N5O3/c1-32-21(31)27-15-9-11(22)8-14(23)16(15)28-20(30)17-18(13-5-2-6-25-19(13)24)29-7-3-4-12(29)10-26-17/h2-10H,1H3,(H,27,31)(H,28,30). The smallest absolute Gasteiger partial charge is 0.411 e. The van der Waals surface area contributed by atoms with Crippen molar-refractivity contribution >= 4 is 63.7 Å². The monoisotopic (exact) mass is 489 g/mol. The first-order chi connectivity index (χ1) is 15.4. The number of carbonyl (C=O) groups excluding carboxylic acids is 2. The summed E-state index contributed by atoms with van der Waals surface area (Å²) in [5.41, 5.74) is 2.07. The van der Waals surface area contributed by atoms with Crippen LogP contribution in [0, 0.1) is 0 Å². The van der Waals surface area contributed by atoms with Crippen molar-refractivity contribution in [2.24, 2.45) is 0 Å². The number of rotatable bonds is 4. The van der Waals surface area contributed by atoms with Gasteiger partial charge in [-0.05, 0) is 36.4 Å². The minimum absolute atomic E-state index is 0.0682. The highest BCUT2D eigenvalue weighted by atomic mass is 35.5. The molecule has 0 bridgehead atoms. The van der Waals surface area contributed by atoms with Gasteiger partial charge in [-0.15, -0.1) is 0 Å². The lowest BCUT2D eigenvalue weighted by Crippen LogP contribution is -2.19. The molecule has 0 saturated carbocycles. The zero-order chi connectivity index (χ0) is 22.8. The van der Waals surface area contributed by atoms with Crippen LogP contribution in [-0.2, 0) is 4.74 Å². The number of methoxy groups -OCH3 is 1. The molecule has 0 saturated heterocycles. The van der Waals surface area contributed by atoms with Crippen LogP contribution in [-0.4, -0.2) is 33.5 Å². The van der Waals surface area contributed by atoms with E-state index in [0.717, 1.165) is 5.52 Å². The summed E-state index contributed by atoms with van der Waals surface area (Å²) in [5, 5.41) is 5.76. The van der Waals surface area contributed by atoms with Crippen molar-refractivity contribution in [3.63, 3.8) is 0 Å². The molecule has 32 heavy (non-hydrogen) atoms. The summed E-state index contributed by atoms with van der Waals surface area (Å²) in [5.74, 6) is -0.590.